The number of anilines is 1. The molecule has 4 nitrogen and oxygen atoms in total. The first-order chi connectivity index (χ1) is 8.76. The highest BCUT2D eigenvalue weighted by atomic mass is 16.3. The normalized spacial score (nSPS) is 10.6. The minimum absolute atomic E-state index is 0.504. The van der Waals surface area contributed by atoms with Crippen molar-refractivity contribution in [3.05, 3.63) is 47.5 Å². The van der Waals surface area contributed by atoms with Crippen molar-refractivity contribution < 1.29 is 4.42 Å². The molecular formula is C14H19N3O. The summed E-state index contributed by atoms with van der Waals surface area (Å²) >= 11 is 0. The van der Waals surface area contributed by atoms with Crippen LogP contribution in [0.4, 0.5) is 5.82 Å². The van der Waals surface area contributed by atoms with Gasteiger partial charge >= 0.3 is 0 Å². The van der Waals surface area contributed by atoms with E-state index in [2.05, 4.69) is 23.7 Å². The summed E-state index contributed by atoms with van der Waals surface area (Å²) in [5.41, 5.74) is 8.11. The number of rotatable bonds is 5. The summed E-state index contributed by atoms with van der Waals surface area (Å²) in [5.74, 6) is 1.89. The van der Waals surface area contributed by atoms with Gasteiger partial charge in [-0.3, -0.25) is 0 Å². The Balaban J connectivity index is 2.30. The Morgan fingerprint density at radius 3 is 2.83 bits per heavy atom. The predicted octanol–water partition coefficient (Wildman–Crippen LogP) is 2.47. The summed E-state index contributed by atoms with van der Waals surface area (Å²) in [7, 11) is 0. The lowest BCUT2D eigenvalue weighted by molar-refractivity contribution is 0.502. The van der Waals surface area contributed by atoms with Crippen LogP contribution in [0.2, 0.25) is 0 Å². The van der Waals surface area contributed by atoms with Crippen LogP contribution in [0.25, 0.3) is 0 Å². The minimum atomic E-state index is 0.504. The highest BCUT2D eigenvalue weighted by molar-refractivity contribution is 5.50. The molecule has 0 aliphatic rings. The molecule has 0 fully saturated rings. The van der Waals surface area contributed by atoms with Crippen LogP contribution < -0.4 is 10.6 Å². The van der Waals surface area contributed by atoms with Crippen LogP contribution in [0.15, 0.2) is 35.1 Å². The fraction of sp³-hybridized carbons (Fsp3) is 0.357. The summed E-state index contributed by atoms with van der Waals surface area (Å²) < 4.78 is 5.39. The smallest absolute Gasteiger partial charge is 0.133 e. The molecule has 0 aliphatic carbocycles. The second-order valence-electron chi connectivity index (χ2n) is 4.23. The van der Waals surface area contributed by atoms with Crippen LogP contribution in [0.1, 0.15) is 23.8 Å². The second-order valence-corrected chi connectivity index (χ2v) is 4.23. The Morgan fingerprint density at radius 2 is 2.22 bits per heavy atom. The van der Waals surface area contributed by atoms with Crippen LogP contribution in [-0.4, -0.2) is 11.5 Å². The molecule has 2 heterocycles. The van der Waals surface area contributed by atoms with Gasteiger partial charge in [0.1, 0.15) is 11.6 Å². The molecule has 0 aliphatic heterocycles. The third kappa shape index (κ3) is 2.54. The Labute approximate surface area is 107 Å². The summed E-state index contributed by atoms with van der Waals surface area (Å²) in [4.78, 5) is 6.64. The van der Waals surface area contributed by atoms with Gasteiger partial charge in [-0.05, 0) is 37.6 Å². The van der Waals surface area contributed by atoms with E-state index in [4.69, 9.17) is 10.2 Å². The summed E-state index contributed by atoms with van der Waals surface area (Å²) in [6, 6.07) is 5.86. The topological polar surface area (TPSA) is 55.3 Å². The van der Waals surface area contributed by atoms with Crippen molar-refractivity contribution in [3.8, 4) is 0 Å². The average molecular weight is 245 g/mol. The molecule has 0 radical (unpaired) electrons. The van der Waals surface area contributed by atoms with Crippen LogP contribution in [0.5, 0.6) is 0 Å². The number of hydrogen-bond donors (Lipinski definition) is 1. The maximum Gasteiger partial charge on any atom is 0.133 e. The number of nitrogens with two attached hydrogens (primary N) is 1. The zero-order chi connectivity index (χ0) is 13.0. The van der Waals surface area contributed by atoms with E-state index in [-0.39, 0.29) is 0 Å². The Hall–Kier alpha value is -1.81. The van der Waals surface area contributed by atoms with Crippen molar-refractivity contribution in [1.82, 2.24) is 4.98 Å². The van der Waals surface area contributed by atoms with Gasteiger partial charge in [-0.2, -0.15) is 0 Å². The molecule has 0 saturated heterocycles. The van der Waals surface area contributed by atoms with Crippen molar-refractivity contribution in [2.45, 2.75) is 26.9 Å². The van der Waals surface area contributed by atoms with Gasteiger partial charge in [-0.25, -0.2) is 4.98 Å². The molecule has 2 rings (SSSR count). The first-order valence-corrected chi connectivity index (χ1v) is 6.18. The fourth-order valence-corrected chi connectivity index (χ4v) is 2.03. The van der Waals surface area contributed by atoms with Crippen LogP contribution in [-0.2, 0) is 13.1 Å². The van der Waals surface area contributed by atoms with Gasteiger partial charge in [0.05, 0.1) is 12.8 Å². The van der Waals surface area contributed by atoms with Crippen molar-refractivity contribution >= 4 is 5.82 Å². The van der Waals surface area contributed by atoms with Gasteiger partial charge in [-0.15, -0.1) is 0 Å². The monoisotopic (exact) mass is 245 g/mol. The van der Waals surface area contributed by atoms with E-state index in [1.165, 1.54) is 5.56 Å². The van der Waals surface area contributed by atoms with Crippen LogP contribution in [0.3, 0.4) is 0 Å². The molecule has 18 heavy (non-hydrogen) atoms. The van der Waals surface area contributed by atoms with E-state index >= 15 is 0 Å². The first kappa shape index (κ1) is 12.6. The van der Waals surface area contributed by atoms with Crippen LogP contribution >= 0.6 is 0 Å². The lowest BCUT2D eigenvalue weighted by Gasteiger charge is -2.24. The van der Waals surface area contributed by atoms with E-state index in [0.717, 1.165) is 23.7 Å². The molecule has 2 N–H and O–H groups in total. The fourth-order valence-electron chi connectivity index (χ4n) is 2.03. The number of nitrogens with zero attached hydrogens (tertiary/aromatic N) is 2. The van der Waals surface area contributed by atoms with Crippen molar-refractivity contribution in [2.75, 3.05) is 11.4 Å². The number of furan rings is 1. The molecular weight excluding hydrogens is 226 g/mol. The van der Waals surface area contributed by atoms with Gasteiger partial charge in [-0.1, -0.05) is 0 Å². The van der Waals surface area contributed by atoms with E-state index in [0.29, 0.717) is 13.1 Å². The molecule has 0 aromatic carbocycles. The predicted molar refractivity (Wildman–Crippen MR) is 72.3 cm³/mol. The van der Waals surface area contributed by atoms with E-state index < -0.39 is 0 Å². The van der Waals surface area contributed by atoms with E-state index in [1.807, 2.05) is 24.4 Å². The maximum atomic E-state index is 5.83. The lowest BCUT2D eigenvalue weighted by atomic mass is 10.1. The highest BCUT2D eigenvalue weighted by Crippen LogP contribution is 2.22. The molecule has 4 heteroatoms. The molecule has 2 aromatic heterocycles. The molecule has 0 amide bonds. The van der Waals surface area contributed by atoms with Crippen LogP contribution in [0, 0.1) is 6.92 Å². The summed E-state index contributed by atoms with van der Waals surface area (Å²) in [6.45, 7) is 6.25. The Morgan fingerprint density at radius 1 is 1.39 bits per heavy atom. The van der Waals surface area contributed by atoms with Crippen molar-refractivity contribution in [2.24, 2.45) is 5.73 Å². The molecule has 0 atom stereocenters. The third-order valence-corrected chi connectivity index (χ3v) is 3.08. The summed E-state index contributed by atoms with van der Waals surface area (Å²) in [6.07, 6.45) is 3.52. The molecule has 0 bridgehead atoms. The van der Waals surface area contributed by atoms with E-state index in [1.54, 1.807) is 6.26 Å². The quantitative estimate of drug-likeness (QED) is 0.879. The number of pyridine rings is 1. The molecule has 0 spiro atoms. The Bertz CT molecular complexity index is 494. The van der Waals surface area contributed by atoms with Crippen molar-refractivity contribution in [1.29, 1.82) is 0 Å². The molecule has 96 valence electrons. The Kier molecular flexibility index (Phi) is 3.99. The number of aromatic nitrogens is 1. The highest BCUT2D eigenvalue weighted by Gasteiger charge is 2.13. The lowest BCUT2D eigenvalue weighted by Crippen LogP contribution is -2.25. The number of hydrogen-bond acceptors (Lipinski definition) is 4. The molecule has 2 aromatic rings. The van der Waals surface area contributed by atoms with Gasteiger partial charge in [0.25, 0.3) is 0 Å². The maximum absolute atomic E-state index is 5.83. The standard InChI is InChI=1S/C14H19N3O/c1-3-17(10-12-5-4-8-18-12)14-13(9-15)11(2)6-7-16-14/h4-8H,3,9-10,15H2,1-2H3. The average Bonchev–Trinajstić information content (AvgIpc) is 2.88. The zero-order valence-corrected chi connectivity index (χ0v) is 10.9. The summed E-state index contributed by atoms with van der Waals surface area (Å²) in [5, 5.41) is 0. The largest absolute Gasteiger partial charge is 0.467 e. The van der Waals surface area contributed by atoms with Gasteiger partial charge in [0, 0.05) is 24.8 Å². The SMILES string of the molecule is CCN(Cc1ccco1)c1nccc(C)c1CN. The zero-order valence-electron chi connectivity index (χ0n) is 10.9. The van der Waals surface area contributed by atoms with E-state index in [9.17, 15) is 0 Å². The number of aryl methyl sites for hydroxylation is 1. The third-order valence-electron chi connectivity index (χ3n) is 3.08. The minimum Gasteiger partial charge on any atom is -0.467 e. The second kappa shape index (κ2) is 5.69. The van der Waals surface area contributed by atoms with Gasteiger partial charge in [0.15, 0.2) is 0 Å². The molecule has 0 unspecified atom stereocenters. The van der Waals surface area contributed by atoms with Crippen molar-refractivity contribution in [3.63, 3.8) is 0 Å². The van der Waals surface area contributed by atoms with Gasteiger partial charge < -0.3 is 15.1 Å². The molecule has 0 saturated carbocycles. The van der Waals surface area contributed by atoms with Gasteiger partial charge in [0.2, 0.25) is 0 Å². The first-order valence-electron chi connectivity index (χ1n) is 6.18.